The molecule has 1 aliphatic carbocycles. The molecule has 162 valence electrons. The number of para-hydroxylation sites is 1. The van der Waals surface area contributed by atoms with Crippen LogP contribution in [0.1, 0.15) is 42.1 Å². The molecule has 1 aliphatic rings. The third kappa shape index (κ3) is 3.60. The van der Waals surface area contributed by atoms with Crippen LogP contribution in [0.5, 0.6) is 0 Å². The van der Waals surface area contributed by atoms with Crippen LogP contribution in [0.4, 0.5) is 5.82 Å². The molecular weight excluding hydrogens is 418 g/mol. The third-order valence-electron chi connectivity index (χ3n) is 5.79. The molecule has 1 aromatic carbocycles. The molecule has 31 heavy (non-hydrogen) atoms. The van der Waals surface area contributed by atoms with Crippen LogP contribution in [0.3, 0.4) is 0 Å². The fraction of sp³-hybridized carbons (Fsp3) is 0.381. The zero-order valence-corrected chi connectivity index (χ0v) is 18.1. The van der Waals surface area contributed by atoms with Crippen LogP contribution in [-0.2, 0) is 14.1 Å². The fourth-order valence-corrected chi connectivity index (χ4v) is 4.97. The van der Waals surface area contributed by atoms with Crippen molar-refractivity contribution in [3.63, 3.8) is 0 Å². The van der Waals surface area contributed by atoms with E-state index in [9.17, 15) is 19.2 Å². The molecule has 10 heteroatoms. The third-order valence-corrected chi connectivity index (χ3v) is 6.74. The number of nitrogen functional groups attached to an aromatic ring is 1. The van der Waals surface area contributed by atoms with Crippen molar-refractivity contribution in [2.24, 2.45) is 14.1 Å². The summed E-state index contributed by atoms with van der Waals surface area (Å²) >= 11 is 1.11. The second-order valence-electron chi connectivity index (χ2n) is 7.70. The highest BCUT2D eigenvalue weighted by molar-refractivity contribution is 7.99. The average molecular weight is 442 g/mol. The number of rotatable bonds is 5. The molecule has 0 radical (unpaired) electrons. The van der Waals surface area contributed by atoms with Crippen molar-refractivity contribution in [1.82, 2.24) is 18.7 Å². The number of Topliss-reactive ketones (excluding diaryl/α,β-unsaturated/α-hetero) is 1. The van der Waals surface area contributed by atoms with Crippen molar-refractivity contribution < 1.29 is 4.79 Å². The number of thioether (sulfide) groups is 1. The number of carbonyl (C=O) groups is 1. The summed E-state index contributed by atoms with van der Waals surface area (Å²) in [5, 5.41) is 0.991. The Morgan fingerprint density at radius 3 is 2.48 bits per heavy atom. The number of ketones is 1. The highest BCUT2D eigenvalue weighted by atomic mass is 32.2. The number of benzene rings is 1. The Labute approximate surface area is 181 Å². The minimum Gasteiger partial charge on any atom is -0.384 e. The molecule has 0 unspecified atom stereocenters. The number of hydrogen-bond donors (Lipinski definition) is 1. The average Bonchev–Trinajstić information content (AvgIpc) is 3.29. The summed E-state index contributed by atoms with van der Waals surface area (Å²) in [6.07, 6.45) is 3.85. The Morgan fingerprint density at radius 2 is 1.77 bits per heavy atom. The molecule has 0 bridgehead atoms. The maximum atomic E-state index is 13.2. The summed E-state index contributed by atoms with van der Waals surface area (Å²) in [6.45, 7) is 0. The first-order valence-corrected chi connectivity index (χ1v) is 11.0. The number of nitrogens with two attached hydrogens (primary N) is 1. The number of anilines is 1. The Bertz CT molecular complexity index is 1370. The summed E-state index contributed by atoms with van der Waals surface area (Å²) in [5.74, 6) is -0.813. The van der Waals surface area contributed by atoms with Gasteiger partial charge in [0, 0.05) is 20.1 Å². The van der Waals surface area contributed by atoms with Crippen LogP contribution in [0.25, 0.3) is 10.9 Å². The smallest absolute Gasteiger partial charge is 0.332 e. The standard InChI is InChI=1S/C21H23N5O4S/c1-24-17(22)16(19(29)25(2)21(24)30)15(27)11-31-20-23-14-10-6-5-9-13(14)18(28)26(20)12-7-3-4-8-12/h5-6,9-10,12H,3-4,7-8,11,22H2,1-2H3. The molecular formula is C21H23N5O4S. The van der Waals surface area contributed by atoms with Gasteiger partial charge in [-0.15, -0.1) is 0 Å². The van der Waals surface area contributed by atoms with Gasteiger partial charge in [-0.2, -0.15) is 0 Å². The molecule has 9 nitrogen and oxygen atoms in total. The largest absolute Gasteiger partial charge is 0.384 e. The van der Waals surface area contributed by atoms with E-state index >= 15 is 0 Å². The predicted molar refractivity (Wildman–Crippen MR) is 120 cm³/mol. The van der Waals surface area contributed by atoms with Gasteiger partial charge in [0.25, 0.3) is 11.1 Å². The van der Waals surface area contributed by atoms with Crippen LogP contribution in [0, 0.1) is 0 Å². The van der Waals surface area contributed by atoms with Crippen LogP contribution in [0.15, 0.2) is 43.8 Å². The van der Waals surface area contributed by atoms with E-state index < -0.39 is 17.0 Å². The molecule has 2 aromatic heterocycles. The molecule has 2 N–H and O–H groups in total. The summed E-state index contributed by atoms with van der Waals surface area (Å²) in [6, 6.07) is 7.17. The van der Waals surface area contributed by atoms with Crippen molar-refractivity contribution in [3.8, 4) is 0 Å². The Balaban J connectivity index is 1.74. The van der Waals surface area contributed by atoms with Crippen LogP contribution >= 0.6 is 11.8 Å². The molecule has 0 atom stereocenters. The Kier molecular flexibility index (Phi) is 5.57. The molecule has 0 saturated heterocycles. The number of nitrogens with zero attached hydrogens (tertiary/aromatic N) is 4. The Morgan fingerprint density at radius 1 is 1.10 bits per heavy atom. The first kappa shape index (κ1) is 21.1. The minimum atomic E-state index is -0.731. The topological polar surface area (TPSA) is 122 Å². The van der Waals surface area contributed by atoms with E-state index in [1.807, 2.05) is 6.07 Å². The highest BCUT2D eigenvalue weighted by Crippen LogP contribution is 2.32. The monoisotopic (exact) mass is 441 g/mol. The maximum absolute atomic E-state index is 13.2. The predicted octanol–water partition coefficient (Wildman–Crippen LogP) is 1.47. The van der Waals surface area contributed by atoms with Gasteiger partial charge in [-0.05, 0) is 25.0 Å². The maximum Gasteiger partial charge on any atom is 0.332 e. The lowest BCUT2D eigenvalue weighted by Gasteiger charge is -2.18. The summed E-state index contributed by atoms with van der Waals surface area (Å²) in [7, 11) is 2.71. The van der Waals surface area contributed by atoms with Gasteiger partial charge in [0.2, 0.25) is 0 Å². The first-order chi connectivity index (χ1) is 14.8. The number of carbonyl (C=O) groups excluding carboxylic acids is 1. The van der Waals surface area contributed by atoms with Crippen molar-refractivity contribution in [3.05, 3.63) is 61.0 Å². The molecule has 0 amide bonds. The van der Waals surface area contributed by atoms with E-state index in [2.05, 4.69) is 4.98 Å². The van der Waals surface area contributed by atoms with Crippen molar-refractivity contribution in [1.29, 1.82) is 0 Å². The van der Waals surface area contributed by atoms with Crippen LogP contribution < -0.4 is 22.5 Å². The lowest BCUT2D eigenvalue weighted by molar-refractivity contribution is 0.102. The number of aromatic nitrogens is 4. The zero-order chi connectivity index (χ0) is 22.3. The van der Waals surface area contributed by atoms with Gasteiger partial charge in [0.05, 0.1) is 16.7 Å². The van der Waals surface area contributed by atoms with Gasteiger partial charge in [0.1, 0.15) is 11.4 Å². The molecule has 1 fully saturated rings. The van der Waals surface area contributed by atoms with Gasteiger partial charge in [-0.1, -0.05) is 36.7 Å². The lowest BCUT2D eigenvalue weighted by atomic mass is 10.2. The van der Waals surface area contributed by atoms with E-state index in [-0.39, 0.29) is 28.7 Å². The summed E-state index contributed by atoms with van der Waals surface area (Å²) in [4.78, 5) is 55.2. The fourth-order valence-electron chi connectivity index (χ4n) is 4.04. The van der Waals surface area contributed by atoms with Gasteiger partial charge in [0.15, 0.2) is 10.9 Å². The second kappa shape index (κ2) is 8.18. The normalized spacial score (nSPS) is 14.4. The second-order valence-corrected chi connectivity index (χ2v) is 8.65. The van der Waals surface area contributed by atoms with Crippen molar-refractivity contribution in [2.75, 3.05) is 11.5 Å². The number of hydrogen-bond acceptors (Lipinski definition) is 7. The summed E-state index contributed by atoms with van der Waals surface area (Å²) < 4.78 is 3.62. The van der Waals surface area contributed by atoms with Gasteiger partial charge >= 0.3 is 5.69 Å². The van der Waals surface area contributed by atoms with Crippen LogP contribution in [-0.4, -0.2) is 30.2 Å². The molecule has 0 aliphatic heterocycles. The van der Waals surface area contributed by atoms with Gasteiger partial charge in [-0.25, -0.2) is 9.78 Å². The number of fused-ring (bicyclic) bond motifs is 1. The molecule has 2 heterocycles. The molecule has 0 spiro atoms. The zero-order valence-electron chi connectivity index (χ0n) is 17.3. The first-order valence-electron chi connectivity index (χ1n) is 10.0. The van der Waals surface area contributed by atoms with E-state index in [4.69, 9.17) is 5.73 Å². The highest BCUT2D eigenvalue weighted by Gasteiger charge is 2.25. The van der Waals surface area contributed by atoms with E-state index in [1.165, 1.54) is 14.1 Å². The van der Waals surface area contributed by atoms with E-state index in [0.29, 0.717) is 16.1 Å². The Hall–Kier alpha value is -3.14. The lowest BCUT2D eigenvalue weighted by Crippen LogP contribution is -2.41. The molecule has 3 aromatic rings. The summed E-state index contributed by atoms with van der Waals surface area (Å²) in [5.41, 5.74) is 4.78. The van der Waals surface area contributed by atoms with Gasteiger partial charge in [-0.3, -0.25) is 28.1 Å². The van der Waals surface area contributed by atoms with E-state index in [1.54, 1.807) is 22.8 Å². The SMILES string of the molecule is Cn1c(N)c(C(=O)CSc2nc3ccccc3c(=O)n2C2CCCC2)c(=O)n(C)c1=O. The van der Waals surface area contributed by atoms with Gasteiger partial charge < -0.3 is 5.73 Å². The van der Waals surface area contributed by atoms with Crippen LogP contribution in [0.2, 0.25) is 0 Å². The van der Waals surface area contributed by atoms with E-state index in [0.717, 1.165) is 46.6 Å². The molecule has 1 saturated carbocycles. The minimum absolute atomic E-state index is 0.0395. The van der Waals surface area contributed by atoms with Crippen molar-refractivity contribution >= 4 is 34.3 Å². The molecule has 4 rings (SSSR count). The quantitative estimate of drug-likeness (QED) is 0.361. The van der Waals surface area contributed by atoms with Crippen molar-refractivity contribution in [2.45, 2.75) is 36.9 Å².